The van der Waals surface area contributed by atoms with Crippen LogP contribution < -0.4 is 11.3 Å². The van der Waals surface area contributed by atoms with Crippen LogP contribution in [0.4, 0.5) is 4.39 Å². The molecular weight excluding hydrogens is 179 g/mol. The summed E-state index contributed by atoms with van der Waals surface area (Å²) in [6.45, 7) is 2.13. The normalized spacial score (nSPS) is 10.3. The lowest BCUT2D eigenvalue weighted by Crippen LogP contribution is -2.21. The minimum Gasteiger partial charge on any atom is -0.271 e. The topological polar surface area (TPSA) is 38.0 Å². The number of hydrogen-bond donors (Lipinski definition) is 2. The number of rotatable bonds is 2. The lowest BCUT2D eigenvalue weighted by molar-refractivity contribution is 0.593. The van der Waals surface area contributed by atoms with Crippen molar-refractivity contribution in [1.29, 1.82) is 0 Å². The summed E-state index contributed by atoms with van der Waals surface area (Å²) >= 11 is 5.69. The third kappa shape index (κ3) is 1.94. The molecule has 66 valence electrons. The van der Waals surface area contributed by atoms with E-state index < -0.39 is 0 Å². The van der Waals surface area contributed by atoms with Crippen LogP contribution in [0.1, 0.15) is 11.1 Å². The van der Waals surface area contributed by atoms with E-state index in [1.807, 2.05) is 6.92 Å². The van der Waals surface area contributed by atoms with E-state index in [0.29, 0.717) is 17.1 Å². The average molecular weight is 189 g/mol. The second-order valence-electron chi connectivity index (χ2n) is 2.57. The fraction of sp³-hybridized carbons (Fsp3) is 0.250. The molecule has 3 N–H and O–H groups in total. The van der Waals surface area contributed by atoms with Crippen molar-refractivity contribution in [2.24, 2.45) is 5.84 Å². The van der Waals surface area contributed by atoms with Crippen LogP contribution in [0.3, 0.4) is 0 Å². The molecule has 0 amide bonds. The summed E-state index contributed by atoms with van der Waals surface area (Å²) in [6.07, 6.45) is 0. The average Bonchev–Trinajstić information content (AvgIpc) is 2.01. The van der Waals surface area contributed by atoms with Gasteiger partial charge in [-0.05, 0) is 18.6 Å². The molecule has 4 heteroatoms. The first-order valence-corrected chi connectivity index (χ1v) is 3.91. The SMILES string of the molecule is Cc1cc(CNN)c(F)cc1Cl. The van der Waals surface area contributed by atoms with E-state index in [2.05, 4.69) is 5.43 Å². The fourth-order valence-electron chi connectivity index (χ4n) is 0.962. The quantitative estimate of drug-likeness (QED) is 0.548. The predicted octanol–water partition coefficient (Wildman–Crippen LogP) is 1.75. The molecule has 12 heavy (non-hydrogen) atoms. The third-order valence-corrected chi connectivity index (χ3v) is 2.03. The number of nitrogens with two attached hydrogens (primary N) is 1. The maximum absolute atomic E-state index is 13.0. The van der Waals surface area contributed by atoms with E-state index in [4.69, 9.17) is 17.4 Å². The van der Waals surface area contributed by atoms with Gasteiger partial charge in [-0.3, -0.25) is 11.3 Å². The van der Waals surface area contributed by atoms with Gasteiger partial charge in [0.2, 0.25) is 0 Å². The van der Waals surface area contributed by atoms with Crippen LogP contribution in [0.25, 0.3) is 0 Å². The molecule has 0 heterocycles. The van der Waals surface area contributed by atoms with Crippen LogP contribution in [0.15, 0.2) is 12.1 Å². The first-order valence-electron chi connectivity index (χ1n) is 3.53. The van der Waals surface area contributed by atoms with Crippen LogP contribution in [-0.2, 0) is 6.54 Å². The van der Waals surface area contributed by atoms with E-state index in [1.165, 1.54) is 6.07 Å². The molecule has 0 unspecified atom stereocenters. The molecule has 0 aromatic heterocycles. The van der Waals surface area contributed by atoms with Crippen molar-refractivity contribution in [3.05, 3.63) is 34.1 Å². The summed E-state index contributed by atoms with van der Waals surface area (Å²) in [7, 11) is 0. The summed E-state index contributed by atoms with van der Waals surface area (Å²) in [6, 6.07) is 2.97. The molecule has 0 fully saturated rings. The zero-order valence-corrected chi connectivity index (χ0v) is 7.45. The molecule has 0 spiro atoms. The van der Waals surface area contributed by atoms with Gasteiger partial charge >= 0.3 is 0 Å². The Hall–Kier alpha value is -0.640. The zero-order chi connectivity index (χ0) is 9.14. The van der Waals surface area contributed by atoms with Crippen LogP contribution in [-0.4, -0.2) is 0 Å². The van der Waals surface area contributed by atoms with Crippen LogP contribution >= 0.6 is 11.6 Å². The lowest BCUT2D eigenvalue weighted by Gasteiger charge is -2.04. The molecule has 1 aromatic carbocycles. The molecule has 0 aliphatic rings. The molecule has 0 saturated heterocycles. The second-order valence-corrected chi connectivity index (χ2v) is 2.98. The maximum atomic E-state index is 13.0. The van der Waals surface area contributed by atoms with Gasteiger partial charge in [0, 0.05) is 17.1 Å². The van der Waals surface area contributed by atoms with Crippen molar-refractivity contribution in [3.8, 4) is 0 Å². The van der Waals surface area contributed by atoms with E-state index in [1.54, 1.807) is 6.07 Å². The summed E-state index contributed by atoms with van der Waals surface area (Å²) in [4.78, 5) is 0. The van der Waals surface area contributed by atoms with Gasteiger partial charge < -0.3 is 0 Å². The number of nitrogens with one attached hydrogen (secondary N) is 1. The van der Waals surface area contributed by atoms with Gasteiger partial charge in [0.25, 0.3) is 0 Å². The maximum Gasteiger partial charge on any atom is 0.129 e. The summed E-state index contributed by atoms with van der Waals surface area (Å²) < 4.78 is 13.0. The van der Waals surface area contributed by atoms with E-state index in [0.717, 1.165) is 5.56 Å². The third-order valence-electron chi connectivity index (χ3n) is 1.62. The first kappa shape index (κ1) is 9.45. The summed E-state index contributed by atoms with van der Waals surface area (Å²) in [5.41, 5.74) is 3.77. The Morgan fingerprint density at radius 1 is 1.58 bits per heavy atom. The highest BCUT2D eigenvalue weighted by atomic mass is 35.5. The van der Waals surface area contributed by atoms with Gasteiger partial charge in [0.15, 0.2) is 0 Å². The van der Waals surface area contributed by atoms with Gasteiger partial charge in [-0.25, -0.2) is 4.39 Å². The van der Waals surface area contributed by atoms with Gasteiger partial charge in [-0.15, -0.1) is 0 Å². The number of benzene rings is 1. The van der Waals surface area contributed by atoms with Crippen LogP contribution in [0.2, 0.25) is 5.02 Å². The molecule has 1 rings (SSSR count). The van der Waals surface area contributed by atoms with Crippen molar-refractivity contribution in [2.75, 3.05) is 0 Å². The van der Waals surface area contributed by atoms with Gasteiger partial charge in [-0.1, -0.05) is 17.7 Å². The number of hydrogen-bond acceptors (Lipinski definition) is 2. The molecule has 0 saturated carbocycles. The Bertz CT molecular complexity index is 289. The van der Waals surface area contributed by atoms with Gasteiger partial charge in [0.1, 0.15) is 5.82 Å². The minimum atomic E-state index is -0.330. The van der Waals surface area contributed by atoms with E-state index >= 15 is 0 Å². The van der Waals surface area contributed by atoms with Crippen LogP contribution in [0, 0.1) is 12.7 Å². The predicted molar refractivity (Wildman–Crippen MR) is 47.2 cm³/mol. The highest BCUT2D eigenvalue weighted by Gasteiger charge is 2.04. The number of aryl methyl sites for hydroxylation is 1. The van der Waals surface area contributed by atoms with Gasteiger partial charge in [-0.2, -0.15) is 0 Å². The number of halogens is 2. The molecule has 0 aliphatic carbocycles. The summed E-state index contributed by atoms with van der Waals surface area (Å²) in [5.74, 6) is 4.74. The Balaban J connectivity index is 3.05. The van der Waals surface area contributed by atoms with Crippen molar-refractivity contribution >= 4 is 11.6 Å². The second kappa shape index (κ2) is 3.85. The molecule has 1 aromatic rings. The molecular formula is C8H10ClFN2. The van der Waals surface area contributed by atoms with E-state index in [-0.39, 0.29) is 5.82 Å². The van der Waals surface area contributed by atoms with E-state index in [9.17, 15) is 4.39 Å². The summed E-state index contributed by atoms with van der Waals surface area (Å²) in [5, 5.41) is 0.438. The van der Waals surface area contributed by atoms with Crippen LogP contribution in [0.5, 0.6) is 0 Å². The van der Waals surface area contributed by atoms with Crippen molar-refractivity contribution in [3.63, 3.8) is 0 Å². The molecule has 0 radical (unpaired) electrons. The van der Waals surface area contributed by atoms with Crippen molar-refractivity contribution in [1.82, 2.24) is 5.43 Å². The Kier molecular flexibility index (Phi) is 3.03. The molecule has 0 atom stereocenters. The highest BCUT2D eigenvalue weighted by molar-refractivity contribution is 6.31. The van der Waals surface area contributed by atoms with Gasteiger partial charge in [0.05, 0.1) is 0 Å². The lowest BCUT2D eigenvalue weighted by atomic mass is 10.1. The molecule has 0 aliphatic heterocycles. The molecule has 0 bridgehead atoms. The largest absolute Gasteiger partial charge is 0.271 e. The minimum absolute atomic E-state index is 0.309. The zero-order valence-electron chi connectivity index (χ0n) is 6.70. The smallest absolute Gasteiger partial charge is 0.129 e. The Morgan fingerprint density at radius 2 is 2.25 bits per heavy atom. The van der Waals surface area contributed by atoms with Crippen molar-refractivity contribution < 1.29 is 4.39 Å². The Morgan fingerprint density at radius 3 is 2.83 bits per heavy atom. The highest BCUT2D eigenvalue weighted by Crippen LogP contribution is 2.19. The Labute approximate surface area is 75.5 Å². The standard InChI is InChI=1S/C8H10ClFN2/c1-5-2-6(4-12-11)8(10)3-7(5)9/h2-3,12H,4,11H2,1H3. The first-order chi connectivity index (χ1) is 5.65. The number of hydrazine groups is 1. The fourth-order valence-corrected chi connectivity index (χ4v) is 1.11. The van der Waals surface area contributed by atoms with Crippen molar-refractivity contribution in [2.45, 2.75) is 13.5 Å². The monoisotopic (exact) mass is 188 g/mol. The molecule has 2 nitrogen and oxygen atoms in total.